The van der Waals surface area contributed by atoms with Gasteiger partial charge in [-0.2, -0.15) is 0 Å². The Kier molecular flexibility index (Phi) is 3.82. The van der Waals surface area contributed by atoms with Crippen LogP contribution in [0.4, 0.5) is 14.5 Å². The Labute approximate surface area is 122 Å². The van der Waals surface area contributed by atoms with Gasteiger partial charge in [0, 0.05) is 17.8 Å². The third-order valence-corrected chi connectivity index (χ3v) is 3.48. The fourth-order valence-electron chi connectivity index (χ4n) is 2.28. The molecule has 0 amide bonds. The van der Waals surface area contributed by atoms with Gasteiger partial charge in [0.2, 0.25) is 0 Å². The topological polar surface area (TPSA) is 12.0 Å². The molecular weight excluding hydrogens is 268 g/mol. The Morgan fingerprint density at radius 2 is 1.52 bits per heavy atom. The first-order chi connectivity index (χ1) is 10.2. The zero-order chi connectivity index (χ0) is 14.7. The summed E-state index contributed by atoms with van der Waals surface area (Å²) < 4.78 is 25.0. The van der Waals surface area contributed by atoms with E-state index in [9.17, 15) is 8.78 Å². The molecular formula is C18H15F2N. The highest BCUT2D eigenvalue weighted by molar-refractivity contribution is 5.85. The summed E-state index contributed by atoms with van der Waals surface area (Å²) in [5.41, 5.74) is 2.06. The van der Waals surface area contributed by atoms with Gasteiger partial charge >= 0.3 is 0 Å². The van der Waals surface area contributed by atoms with E-state index in [1.54, 1.807) is 12.1 Å². The number of anilines is 1. The zero-order valence-electron chi connectivity index (χ0n) is 11.4. The Hall–Kier alpha value is -2.42. The maximum atomic E-state index is 12.5. The van der Waals surface area contributed by atoms with E-state index in [0.29, 0.717) is 6.54 Å². The van der Waals surface area contributed by atoms with E-state index in [1.807, 2.05) is 18.2 Å². The van der Waals surface area contributed by atoms with Crippen LogP contribution in [0.15, 0.2) is 66.7 Å². The number of rotatable bonds is 4. The van der Waals surface area contributed by atoms with Crippen LogP contribution in [0.3, 0.4) is 0 Å². The maximum Gasteiger partial charge on any atom is 0.263 e. The molecule has 0 aliphatic heterocycles. The average Bonchev–Trinajstić information content (AvgIpc) is 2.53. The van der Waals surface area contributed by atoms with Crippen molar-refractivity contribution in [2.24, 2.45) is 0 Å². The van der Waals surface area contributed by atoms with E-state index in [4.69, 9.17) is 0 Å². The molecule has 21 heavy (non-hydrogen) atoms. The normalized spacial score (nSPS) is 11.0. The first-order valence-corrected chi connectivity index (χ1v) is 6.82. The standard InChI is InChI=1S/C18H15F2N/c19-18(20)15-7-5-13(6-8-15)12-21-17-10-9-14-3-1-2-4-16(14)11-17/h1-11,18,21H,12H2. The molecule has 1 nitrogen and oxygen atoms in total. The molecule has 0 aliphatic rings. The van der Waals surface area contributed by atoms with Crippen LogP contribution in [-0.2, 0) is 6.54 Å². The van der Waals surface area contributed by atoms with Crippen LogP contribution in [0, 0.1) is 0 Å². The van der Waals surface area contributed by atoms with E-state index in [0.717, 1.165) is 11.3 Å². The van der Waals surface area contributed by atoms with Gasteiger partial charge in [0.25, 0.3) is 6.43 Å². The molecule has 3 aromatic rings. The molecule has 0 atom stereocenters. The second-order valence-corrected chi connectivity index (χ2v) is 4.96. The van der Waals surface area contributed by atoms with Crippen molar-refractivity contribution in [2.45, 2.75) is 13.0 Å². The lowest BCUT2D eigenvalue weighted by molar-refractivity contribution is 0.151. The van der Waals surface area contributed by atoms with Gasteiger partial charge in [0.15, 0.2) is 0 Å². The summed E-state index contributed by atoms with van der Waals surface area (Å²) in [4.78, 5) is 0. The van der Waals surface area contributed by atoms with Crippen molar-refractivity contribution >= 4 is 16.5 Å². The van der Waals surface area contributed by atoms with Crippen molar-refractivity contribution in [3.05, 3.63) is 77.9 Å². The van der Waals surface area contributed by atoms with E-state index in [1.165, 1.54) is 22.9 Å². The maximum absolute atomic E-state index is 12.5. The number of hydrogen-bond acceptors (Lipinski definition) is 1. The summed E-state index contributed by atoms with van der Waals surface area (Å²) >= 11 is 0. The molecule has 0 aromatic heterocycles. The van der Waals surface area contributed by atoms with Crippen LogP contribution in [-0.4, -0.2) is 0 Å². The van der Waals surface area contributed by atoms with Crippen molar-refractivity contribution in [2.75, 3.05) is 5.32 Å². The monoisotopic (exact) mass is 283 g/mol. The highest BCUT2D eigenvalue weighted by Gasteiger charge is 2.05. The fraction of sp³-hybridized carbons (Fsp3) is 0.111. The van der Waals surface area contributed by atoms with Gasteiger partial charge < -0.3 is 5.32 Å². The minimum atomic E-state index is -2.41. The summed E-state index contributed by atoms with van der Waals surface area (Å²) in [6.07, 6.45) is -2.41. The quantitative estimate of drug-likeness (QED) is 0.677. The zero-order valence-corrected chi connectivity index (χ0v) is 11.4. The fourth-order valence-corrected chi connectivity index (χ4v) is 2.28. The number of alkyl halides is 2. The minimum Gasteiger partial charge on any atom is -0.381 e. The highest BCUT2D eigenvalue weighted by Crippen LogP contribution is 2.21. The second-order valence-electron chi connectivity index (χ2n) is 4.96. The van der Waals surface area contributed by atoms with Crippen LogP contribution in [0.2, 0.25) is 0 Å². The van der Waals surface area contributed by atoms with Gasteiger partial charge in [-0.15, -0.1) is 0 Å². The predicted octanol–water partition coefficient (Wildman–Crippen LogP) is 5.39. The van der Waals surface area contributed by atoms with Gasteiger partial charge in [-0.05, 0) is 28.5 Å². The Morgan fingerprint density at radius 1 is 0.810 bits per heavy atom. The Balaban J connectivity index is 1.71. The largest absolute Gasteiger partial charge is 0.381 e. The summed E-state index contributed by atoms with van der Waals surface area (Å²) in [6, 6.07) is 20.8. The first-order valence-electron chi connectivity index (χ1n) is 6.82. The molecule has 3 rings (SSSR count). The minimum absolute atomic E-state index is 0.0597. The summed E-state index contributed by atoms with van der Waals surface area (Å²) in [7, 11) is 0. The summed E-state index contributed by atoms with van der Waals surface area (Å²) in [5.74, 6) is 0. The van der Waals surface area contributed by atoms with Gasteiger partial charge in [-0.25, -0.2) is 8.78 Å². The van der Waals surface area contributed by atoms with Crippen LogP contribution in [0.25, 0.3) is 10.8 Å². The van der Waals surface area contributed by atoms with Crippen molar-refractivity contribution < 1.29 is 8.78 Å². The van der Waals surface area contributed by atoms with Crippen molar-refractivity contribution in [3.63, 3.8) is 0 Å². The molecule has 106 valence electrons. The van der Waals surface area contributed by atoms with Crippen molar-refractivity contribution in [1.82, 2.24) is 0 Å². The number of halogens is 2. The van der Waals surface area contributed by atoms with Crippen LogP contribution < -0.4 is 5.32 Å². The second kappa shape index (κ2) is 5.92. The van der Waals surface area contributed by atoms with E-state index in [2.05, 4.69) is 29.6 Å². The van der Waals surface area contributed by atoms with Crippen LogP contribution in [0.5, 0.6) is 0 Å². The number of nitrogens with one attached hydrogen (secondary N) is 1. The molecule has 0 saturated heterocycles. The lowest BCUT2D eigenvalue weighted by atomic mass is 10.1. The Bertz CT molecular complexity index is 736. The number of hydrogen-bond donors (Lipinski definition) is 1. The molecule has 0 bridgehead atoms. The van der Waals surface area contributed by atoms with Crippen LogP contribution in [0.1, 0.15) is 17.6 Å². The van der Waals surface area contributed by atoms with Gasteiger partial charge in [-0.3, -0.25) is 0 Å². The molecule has 0 spiro atoms. The molecule has 0 heterocycles. The molecule has 0 radical (unpaired) electrons. The lowest BCUT2D eigenvalue weighted by Gasteiger charge is -2.08. The van der Waals surface area contributed by atoms with Gasteiger partial charge in [-0.1, -0.05) is 54.6 Å². The molecule has 3 aromatic carbocycles. The first kappa shape index (κ1) is 13.6. The lowest BCUT2D eigenvalue weighted by Crippen LogP contribution is -1.99. The van der Waals surface area contributed by atoms with Crippen molar-refractivity contribution in [1.29, 1.82) is 0 Å². The van der Waals surface area contributed by atoms with Crippen LogP contribution >= 0.6 is 0 Å². The van der Waals surface area contributed by atoms with Gasteiger partial charge in [0.1, 0.15) is 0 Å². The smallest absolute Gasteiger partial charge is 0.263 e. The van der Waals surface area contributed by atoms with E-state index < -0.39 is 6.43 Å². The molecule has 0 aliphatic carbocycles. The molecule has 0 fully saturated rings. The predicted molar refractivity (Wildman–Crippen MR) is 82.7 cm³/mol. The van der Waals surface area contributed by atoms with Gasteiger partial charge in [0.05, 0.1) is 0 Å². The summed E-state index contributed by atoms with van der Waals surface area (Å²) in [6.45, 7) is 0.613. The SMILES string of the molecule is FC(F)c1ccc(CNc2ccc3ccccc3c2)cc1. The number of fused-ring (bicyclic) bond motifs is 1. The molecule has 3 heteroatoms. The molecule has 1 N–H and O–H groups in total. The third kappa shape index (κ3) is 3.19. The third-order valence-electron chi connectivity index (χ3n) is 3.48. The van der Waals surface area contributed by atoms with E-state index in [-0.39, 0.29) is 5.56 Å². The molecule has 0 saturated carbocycles. The Morgan fingerprint density at radius 3 is 2.24 bits per heavy atom. The highest BCUT2D eigenvalue weighted by atomic mass is 19.3. The number of benzene rings is 3. The van der Waals surface area contributed by atoms with E-state index >= 15 is 0 Å². The molecule has 0 unspecified atom stereocenters. The summed E-state index contributed by atoms with van der Waals surface area (Å²) in [5, 5.41) is 5.69. The van der Waals surface area contributed by atoms with Crippen molar-refractivity contribution in [3.8, 4) is 0 Å². The average molecular weight is 283 g/mol.